The molecule has 19 N–H and O–H groups in total. The van der Waals surface area contributed by atoms with Crippen molar-refractivity contribution >= 4 is 105 Å². The van der Waals surface area contributed by atoms with E-state index in [4.69, 9.17) is 17.2 Å². The van der Waals surface area contributed by atoms with Gasteiger partial charge in [0.25, 0.3) is 0 Å². The molecule has 0 spiro atoms. The second kappa shape index (κ2) is 36.1. The maximum atomic E-state index is 15.0. The van der Waals surface area contributed by atoms with Crippen LogP contribution in [0.3, 0.4) is 0 Å². The van der Waals surface area contributed by atoms with Crippen LogP contribution in [0.4, 0.5) is 0 Å². The number of guanidine groups is 1. The van der Waals surface area contributed by atoms with Crippen LogP contribution in [-0.4, -0.2) is 251 Å². The number of likely N-dealkylation sites (tertiary alicyclic amines) is 4. The number of aliphatic hydroxyl groups excluding tert-OH is 2. The third-order valence-corrected chi connectivity index (χ3v) is 19.3. The van der Waals surface area contributed by atoms with Crippen molar-refractivity contribution in [3.8, 4) is 0 Å². The molecular formula is C69H97N17O17. The molecule has 4 saturated heterocycles. The molecule has 0 unspecified atom stereocenters. The minimum absolute atomic E-state index is 0.00101. The fourth-order valence-electron chi connectivity index (χ4n) is 13.9. The van der Waals surface area contributed by atoms with E-state index in [0.29, 0.717) is 24.8 Å². The topological polar surface area (TPSA) is 522 Å². The van der Waals surface area contributed by atoms with E-state index in [2.05, 4.69) is 52.2 Å². The minimum atomic E-state index is -1.74. The normalized spacial score (nSPS) is 20.0. The molecule has 0 aliphatic carbocycles. The first-order valence-corrected chi connectivity index (χ1v) is 35.1. The highest BCUT2D eigenvalue weighted by Crippen LogP contribution is 2.28. The van der Waals surface area contributed by atoms with Gasteiger partial charge in [0.2, 0.25) is 65.0 Å². The molecule has 0 bridgehead atoms. The molecule has 560 valence electrons. The fourth-order valence-corrected chi connectivity index (χ4v) is 13.9. The summed E-state index contributed by atoms with van der Waals surface area (Å²) in [5.41, 5.74) is 20.9. The van der Waals surface area contributed by atoms with Gasteiger partial charge in [0.15, 0.2) is 5.96 Å². The number of hydrogen-bond donors (Lipinski definition) is 16. The number of carboxylic acid groups (broad SMARTS) is 2. The van der Waals surface area contributed by atoms with E-state index >= 15 is 0 Å². The number of aliphatic imine (C=N–C) groups is 1. The number of H-pyrrole nitrogens is 2. The Kier molecular flexibility index (Phi) is 27.5. The number of hydrogen-bond acceptors (Lipinski definition) is 17. The number of aromatic amines is 2. The molecule has 34 heteroatoms. The molecule has 0 saturated carbocycles. The minimum Gasteiger partial charge on any atom is -0.481 e. The number of fused-ring (bicyclic) bond motifs is 2. The zero-order valence-corrected chi connectivity index (χ0v) is 58.3. The summed E-state index contributed by atoms with van der Waals surface area (Å²) in [5.74, 6) is -12.0. The molecule has 4 aliphatic heterocycles. The van der Waals surface area contributed by atoms with Gasteiger partial charge in [0, 0.05) is 79.8 Å². The van der Waals surface area contributed by atoms with Gasteiger partial charge in [-0.05, 0) is 126 Å². The maximum Gasteiger partial charge on any atom is 0.325 e. The number of para-hydroxylation sites is 2. The van der Waals surface area contributed by atoms with Crippen molar-refractivity contribution in [1.29, 1.82) is 0 Å². The van der Waals surface area contributed by atoms with Crippen molar-refractivity contribution in [3.63, 3.8) is 0 Å². The predicted octanol–water partition coefficient (Wildman–Crippen LogP) is -2.44. The van der Waals surface area contributed by atoms with E-state index in [0.717, 1.165) is 37.2 Å². The molecule has 13 atom stereocenters. The highest BCUT2D eigenvalue weighted by Gasteiger charge is 2.47. The molecule has 0 radical (unpaired) electrons. The van der Waals surface area contributed by atoms with E-state index in [1.54, 1.807) is 26.2 Å². The summed E-state index contributed by atoms with van der Waals surface area (Å²) in [6, 6.07) is -1.23. The molecule has 11 amide bonds. The lowest BCUT2D eigenvalue weighted by molar-refractivity contribution is -0.149. The highest BCUT2D eigenvalue weighted by molar-refractivity contribution is 6.01. The third kappa shape index (κ3) is 20.1. The molecule has 34 nitrogen and oxygen atoms in total. The summed E-state index contributed by atoms with van der Waals surface area (Å²) in [6.07, 6.45) is 2.69. The second-order valence-electron chi connectivity index (χ2n) is 27.3. The van der Waals surface area contributed by atoms with Crippen molar-refractivity contribution in [1.82, 2.24) is 66.8 Å². The molecular weight excluding hydrogens is 1340 g/mol. The van der Waals surface area contributed by atoms with E-state index in [1.165, 1.54) is 23.6 Å². The maximum absolute atomic E-state index is 15.0. The Morgan fingerprint density at radius 2 is 1.01 bits per heavy atom. The van der Waals surface area contributed by atoms with Crippen LogP contribution in [0.15, 0.2) is 65.9 Å². The number of aromatic nitrogens is 2. The number of carbonyl (C=O) groups excluding carboxylic acids is 11. The van der Waals surface area contributed by atoms with Crippen molar-refractivity contribution < 1.29 is 82.8 Å². The Morgan fingerprint density at radius 3 is 1.55 bits per heavy atom. The van der Waals surface area contributed by atoms with Gasteiger partial charge in [-0.1, -0.05) is 50.2 Å². The van der Waals surface area contributed by atoms with Crippen molar-refractivity contribution in [3.05, 3.63) is 72.1 Å². The van der Waals surface area contributed by atoms with E-state index < -0.39 is 175 Å². The van der Waals surface area contributed by atoms with Gasteiger partial charge in [-0.15, -0.1) is 0 Å². The Labute approximate surface area is 594 Å². The number of carbonyl (C=O) groups is 13. The summed E-state index contributed by atoms with van der Waals surface area (Å²) < 4.78 is 0. The van der Waals surface area contributed by atoms with Gasteiger partial charge in [0.05, 0.1) is 18.8 Å². The van der Waals surface area contributed by atoms with Crippen molar-refractivity contribution in [2.45, 2.75) is 203 Å². The Morgan fingerprint density at radius 1 is 0.544 bits per heavy atom. The average Bonchev–Trinajstić information content (AvgIpc) is 1.68. The zero-order chi connectivity index (χ0) is 74.9. The predicted molar refractivity (Wildman–Crippen MR) is 373 cm³/mol. The zero-order valence-electron chi connectivity index (χ0n) is 58.3. The number of aliphatic carboxylic acids is 2. The fraction of sp³-hybridized carbons (Fsp3) is 0.565. The van der Waals surface area contributed by atoms with Gasteiger partial charge in [-0.3, -0.25) is 67.3 Å². The van der Waals surface area contributed by atoms with Crippen LogP contribution in [0.25, 0.3) is 21.8 Å². The number of aliphatic hydroxyl groups is 2. The Bertz CT molecular complexity index is 3800. The number of nitrogens with two attached hydrogens (primary N) is 3. The Hall–Kier alpha value is -10.2. The summed E-state index contributed by atoms with van der Waals surface area (Å²) in [5, 5.41) is 60.6. The number of nitrogens with zero attached hydrogens (tertiary/aromatic N) is 5. The molecule has 4 aromatic rings. The van der Waals surface area contributed by atoms with Crippen LogP contribution < -0.4 is 54.4 Å². The summed E-state index contributed by atoms with van der Waals surface area (Å²) in [4.78, 5) is 196. The first-order chi connectivity index (χ1) is 49.1. The SMILES string of the molecule is CC(C)C[C@H](NC(=O)[C@@H]1CCCN1C(=O)[C@H](CCCN=C(N)N)NC(=O)[C@H](Cc1c[nH]c2ccccc12)NC(=O)[C@@H](N)Cc1c[nH]c2ccccc12)C(=O)N[C@H](C(=O)N1CCC[C@H]1C(=O)N[C@@H](CCC(=O)O)C(=O)N[C@@H](CO)C(=O)N1CCC[C@H]1C(=O)N1CCC[C@H]1C(=O)N[C@@H](C)C(=O)O)[C@@H](C)O. The quantitative estimate of drug-likeness (QED) is 0.0131. The Balaban J connectivity index is 0.927. The van der Waals surface area contributed by atoms with Crippen LogP contribution in [0, 0.1) is 5.92 Å². The van der Waals surface area contributed by atoms with Crippen LogP contribution in [-0.2, 0) is 75.2 Å². The van der Waals surface area contributed by atoms with Crippen LogP contribution in [0.5, 0.6) is 0 Å². The largest absolute Gasteiger partial charge is 0.481 e. The summed E-state index contributed by atoms with van der Waals surface area (Å²) in [7, 11) is 0. The average molecular weight is 1440 g/mol. The monoisotopic (exact) mass is 1440 g/mol. The molecule has 103 heavy (non-hydrogen) atoms. The van der Waals surface area contributed by atoms with Crippen LogP contribution in [0.2, 0.25) is 0 Å². The lowest BCUT2D eigenvalue weighted by atomic mass is 10.0. The van der Waals surface area contributed by atoms with Gasteiger partial charge in [0.1, 0.15) is 66.5 Å². The first kappa shape index (κ1) is 78.5. The van der Waals surface area contributed by atoms with Gasteiger partial charge in [-0.2, -0.15) is 0 Å². The molecule has 4 aliphatic rings. The third-order valence-electron chi connectivity index (χ3n) is 19.3. The van der Waals surface area contributed by atoms with Gasteiger partial charge < -0.3 is 104 Å². The van der Waals surface area contributed by atoms with E-state index in [-0.39, 0.29) is 109 Å². The smallest absolute Gasteiger partial charge is 0.325 e. The molecule has 2 aromatic carbocycles. The van der Waals surface area contributed by atoms with E-state index in [9.17, 15) is 82.8 Å². The first-order valence-electron chi connectivity index (χ1n) is 35.1. The lowest BCUT2D eigenvalue weighted by Crippen LogP contribution is -2.62. The number of carboxylic acids is 2. The standard InChI is InChI=1S/C69H97N17O17/c1-36(2)30-48(80-63(97)52-20-10-26-83(52)64(98)47(18-9-25-73-69(71)72)78-59(93)49(32-40-34-75-45-17-8-6-15-42(40)45)79-57(91)43(70)31-39-33-74-44-16-7-5-14-41(39)44)60(94)82-56(38(4)88)67(101)85-28-12-21-53(85)62(96)77-46(23-24-55(89)90)58(92)81-50(35-87)65(99)86-29-13-22-54(86)66(100)84-27-11-19-51(84)61(95)76-37(3)68(102)103/h5-8,14-17,33-34,36-38,43,46-54,56,74-75,87-88H,9-13,18-32,35,70H2,1-4H3,(H,76,95)(H,77,96)(H,78,93)(H,79,91)(H,80,97)(H,81,92)(H,82,94)(H,89,90)(H,102,103)(H4,71,72,73)/t37-,38+,43-,46-,47-,48-,49-,50-,51-,52-,53-,54-,56-/m0/s1. The molecule has 2 aromatic heterocycles. The molecule has 4 fully saturated rings. The number of amides is 11. The van der Waals surface area contributed by atoms with Gasteiger partial charge in [-0.25, -0.2) is 0 Å². The van der Waals surface area contributed by atoms with E-state index in [1.807, 2.05) is 48.5 Å². The van der Waals surface area contributed by atoms with Gasteiger partial charge >= 0.3 is 11.9 Å². The van der Waals surface area contributed by atoms with Crippen molar-refractivity contribution in [2.24, 2.45) is 28.1 Å². The summed E-state index contributed by atoms with van der Waals surface area (Å²) in [6.45, 7) is 5.20. The highest BCUT2D eigenvalue weighted by atomic mass is 16.4. The van der Waals surface area contributed by atoms with Crippen LogP contribution in [0.1, 0.15) is 122 Å². The number of rotatable bonds is 34. The lowest BCUT2D eigenvalue weighted by Gasteiger charge is -2.33. The molecule has 8 rings (SSSR count). The van der Waals surface area contributed by atoms with Crippen LogP contribution >= 0.6 is 0 Å². The second-order valence-corrected chi connectivity index (χ2v) is 27.3. The summed E-state index contributed by atoms with van der Waals surface area (Å²) >= 11 is 0. The number of benzene rings is 2. The van der Waals surface area contributed by atoms with Crippen molar-refractivity contribution in [2.75, 3.05) is 39.3 Å². The number of nitrogens with one attached hydrogen (secondary N) is 9. The molecule has 6 heterocycles.